The number of aromatic nitrogens is 2. The molecule has 98 valence electrons. The smallest absolute Gasteiger partial charge is 0.236 e. The Balaban J connectivity index is 2.09. The molecule has 0 aliphatic carbocycles. The van der Waals surface area contributed by atoms with E-state index in [9.17, 15) is 0 Å². The van der Waals surface area contributed by atoms with Crippen molar-refractivity contribution in [2.45, 2.75) is 12.7 Å². The van der Waals surface area contributed by atoms with E-state index < -0.39 is 0 Å². The SMILES string of the molecule is CCOc1cccc(-c2noc(CSCC#N)n2)c1. The van der Waals surface area contributed by atoms with Crippen LogP contribution in [0.15, 0.2) is 28.8 Å². The summed E-state index contributed by atoms with van der Waals surface area (Å²) in [5.74, 6) is 2.81. The van der Waals surface area contributed by atoms with Crippen molar-refractivity contribution in [3.05, 3.63) is 30.2 Å². The number of nitrogens with zero attached hydrogens (tertiary/aromatic N) is 3. The lowest BCUT2D eigenvalue weighted by Crippen LogP contribution is -1.91. The maximum atomic E-state index is 8.46. The van der Waals surface area contributed by atoms with Gasteiger partial charge in [-0.25, -0.2) is 0 Å². The van der Waals surface area contributed by atoms with Crippen LogP contribution in [0.1, 0.15) is 12.8 Å². The van der Waals surface area contributed by atoms with Crippen LogP contribution in [-0.4, -0.2) is 22.5 Å². The highest BCUT2D eigenvalue weighted by atomic mass is 32.2. The summed E-state index contributed by atoms with van der Waals surface area (Å²) in [5, 5.41) is 12.4. The zero-order valence-electron chi connectivity index (χ0n) is 10.5. The molecule has 0 radical (unpaired) electrons. The molecule has 2 aromatic rings. The van der Waals surface area contributed by atoms with Crippen molar-refractivity contribution in [3.63, 3.8) is 0 Å². The minimum atomic E-state index is 0.414. The van der Waals surface area contributed by atoms with Crippen molar-refractivity contribution in [1.29, 1.82) is 5.26 Å². The quantitative estimate of drug-likeness (QED) is 0.755. The monoisotopic (exact) mass is 275 g/mol. The summed E-state index contributed by atoms with van der Waals surface area (Å²) >= 11 is 1.44. The molecule has 19 heavy (non-hydrogen) atoms. The average molecular weight is 275 g/mol. The molecule has 0 bridgehead atoms. The molecule has 0 saturated heterocycles. The molecule has 2 rings (SSSR count). The van der Waals surface area contributed by atoms with Gasteiger partial charge in [0.2, 0.25) is 11.7 Å². The van der Waals surface area contributed by atoms with Gasteiger partial charge in [-0.2, -0.15) is 10.2 Å². The van der Waals surface area contributed by atoms with E-state index in [1.807, 2.05) is 31.2 Å². The van der Waals surface area contributed by atoms with Gasteiger partial charge in [-0.1, -0.05) is 17.3 Å². The molecule has 0 atom stereocenters. The van der Waals surface area contributed by atoms with Crippen LogP contribution < -0.4 is 4.74 Å². The highest BCUT2D eigenvalue weighted by Crippen LogP contribution is 2.22. The molecule has 0 N–H and O–H groups in total. The molecule has 1 aromatic carbocycles. The van der Waals surface area contributed by atoms with Crippen LogP contribution in [0, 0.1) is 11.3 Å². The molecular formula is C13H13N3O2S. The topological polar surface area (TPSA) is 71.9 Å². The standard InChI is InChI=1S/C13H13N3O2S/c1-2-17-11-5-3-4-10(8-11)13-15-12(18-16-13)9-19-7-6-14/h3-5,8H,2,7,9H2,1H3. The predicted molar refractivity (Wildman–Crippen MR) is 72.7 cm³/mol. The van der Waals surface area contributed by atoms with E-state index in [4.69, 9.17) is 14.5 Å². The maximum absolute atomic E-state index is 8.46. The van der Waals surface area contributed by atoms with E-state index >= 15 is 0 Å². The zero-order valence-corrected chi connectivity index (χ0v) is 11.3. The van der Waals surface area contributed by atoms with Crippen molar-refractivity contribution < 1.29 is 9.26 Å². The van der Waals surface area contributed by atoms with Crippen molar-refractivity contribution in [3.8, 4) is 23.2 Å². The van der Waals surface area contributed by atoms with Crippen molar-refractivity contribution in [1.82, 2.24) is 10.1 Å². The number of benzene rings is 1. The zero-order chi connectivity index (χ0) is 13.5. The summed E-state index contributed by atoms with van der Waals surface area (Å²) in [6, 6.07) is 9.61. The second-order valence-electron chi connectivity index (χ2n) is 3.62. The number of ether oxygens (including phenoxy) is 1. The third-order valence-electron chi connectivity index (χ3n) is 2.26. The van der Waals surface area contributed by atoms with Crippen molar-refractivity contribution >= 4 is 11.8 Å². The van der Waals surface area contributed by atoms with Crippen LogP contribution in [-0.2, 0) is 5.75 Å². The molecule has 1 aromatic heterocycles. The number of rotatable bonds is 6. The molecule has 0 spiro atoms. The van der Waals surface area contributed by atoms with E-state index in [2.05, 4.69) is 16.2 Å². The minimum Gasteiger partial charge on any atom is -0.494 e. The van der Waals surface area contributed by atoms with E-state index in [0.717, 1.165) is 11.3 Å². The van der Waals surface area contributed by atoms with Crippen molar-refractivity contribution in [2.75, 3.05) is 12.4 Å². The second-order valence-corrected chi connectivity index (χ2v) is 4.61. The Morgan fingerprint density at radius 3 is 3.16 bits per heavy atom. The third-order valence-corrected chi connectivity index (χ3v) is 3.05. The first-order chi connectivity index (χ1) is 9.33. The van der Waals surface area contributed by atoms with Gasteiger partial charge in [-0.05, 0) is 19.1 Å². The van der Waals surface area contributed by atoms with Crippen LogP contribution in [0.4, 0.5) is 0 Å². The van der Waals surface area contributed by atoms with Crippen LogP contribution >= 0.6 is 11.8 Å². The average Bonchev–Trinajstić information content (AvgIpc) is 2.89. The molecule has 5 nitrogen and oxygen atoms in total. The molecule has 0 aliphatic rings. The molecule has 0 aliphatic heterocycles. The summed E-state index contributed by atoms with van der Waals surface area (Å²) in [7, 11) is 0. The van der Waals surface area contributed by atoms with Crippen LogP contribution in [0.2, 0.25) is 0 Å². The number of nitriles is 1. The molecule has 0 unspecified atom stereocenters. The van der Waals surface area contributed by atoms with Crippen LogP contribution in [0.5, 0.6) is 5.75 Å². The summed E-state index contributed by atoms with van der Waals surface area (Å²) in [6.07, 6.45) is 0. The Labute approximate surface area is 115 Å². The Kier molecular flexibility index (Phi) is 4.81. The maximum Gasteiger partial charge on any atom is 0.236 e. The first-order valence-electron chi connectivity index (χ1n) is 5.84. The Hall–Kier alpha value is -2.00. The Morgan fingerprint density at radius 1 is 1.47 bits per heavy atom. The van der Waals surface area contributed by atoms with Gasteiger partial charge in [0.1, 0.15) is 5.75 Å². The highest BCUT2D eigenvalue weighted by Gasteiger charge is 2.09. The molecule has 1 heterocycles. The van der Waals surface area contributed by atoms with Gasteiger partial charge in [-0.15, -0.1) is 11.8 Å². The van der Waals surface area contributed by atoms with Gasteiger partial charge in [0.25, 0.3) is 0 Å². The van der Waals surface area contributed by atoms with E-state index in [1.165, 1.54) is 11.8 Å². The molecular weight excluding hydrogens is 262 g/mol. The van der Waals surface area contributed by atoms with Crippen molar-refractivity contribution in [2.24, 2.45) is 0 Å². The van der Waals surface area contributed by atoms with Gasteiger partial charge in [0.05, 0.1) is 24.2 Å². The third kappa shape index (κ3) is 3.73. The first kappa shape index (κ1) is 13.4. The molecule has 0 saturated carbocycles. The van der Waals surface area contributed by atoms with Gasteiger partial charge >= 0.3 is 0 Å². The number of thioether (sulfide) groups is 1. The Bertz CT molecular complexity index is 577. The number of hydrogen-bond donors (Lipinski definition) is 0. The first-order valence-corrected chi connectivity index (χ1v) is 6.99. The molecule has 0 fully saturated rings. The highest BCUT2D eigenvalue weighted by molar-refractivity contribution is 7.98. The van der Waals surface area contributed by atoms with Crippen LogP contribution in [0.25, 0.3) is 11.4 Å². The lowest BCUT2D eigenvalue weighted by molar-refractivity contribution is 0.340. The fourth-order valence-electron chi connectivity index (χ4n) is 1.51. The van der Waals surface area contributed by atoms with E-state index in [0.29, 0.717) is 29.8 Å². The molecule has 6 heteroatoms. The van der Waals surface area contributed by atoms with Gasteiger partial charge in [0.15, 0.2) is 0 Å². The number of hydrogen-bond acceptors (Lipinski definition) is 6. The normalized spacial score (nSPS) is 10.1. The predicted octanol–water partition coefficient (Wildman–Crippen LogP) is 2.89. The summed E-state index contributed by atoms with van der Waals surface area (Å²) in [5.41, 5.74) is 0.853. The van der Waals surface area contributed by atoms with Gasteiger partial charge < -0.3 is 9.26 Å². The summed E-state index contributed by atoms with van der Waals surface area (Å²) in [6.45, 7) is 2.55. The molecule has 0 amide bonds. The second kappa shape index (κ2) is 6.81. The van der Waals surface area contributed by atoms with Crippen LogP contribution in [0.3, 0.4) is 0 Å². The Morgan fingerprint density at radius 2 is 2.37 bits per heavy atom. The van der Waals surface area contributed by atoms with Gasteiger partial charge in [-0.3, -0.25) is 0 Å². The van der Waals surface area contributed by atoms with E-state index in [1.54, 1.807) is 0 Å². The summed E-state index contributed by atoms with van der Waals surface area (Å²) in [4.78, 5) is 4.29. The van der Waals surface area contributed by atoms with E-state index in [-0.39, 0.29) is 0 Å². The summed E-state index contributed by atoms with van der Waals surface area (Å²) < 4.78 is 10.6. The fourth-order valence-corrected chi connectivity index (χ4v) is 1.99. The van der Waals surface area contributed by atoms with Gasteiger partial charge in [0, 0.05) is 5.56 Å². The fraction of sp³-hybridized carbons (Fsp3) is 0.308. The lowest BCUT2D eigenvalue weighted by Gasteiger charge is -2.02. The lowest BCUT2D eigenvalue weighted by atomic mass is 10.2. The minimum absolute atomic E-state index is 0.414. The largest absolute Gasteiger partial charge is 0.494 e.